The van der Waals surface area contributed by atoms with Gasteiger partial charge in [0.25, 0.3) is 5.56 Å². The summed E-state index contributed by atoms with van der Waals surface area (Å²) >= 11 is 5.11. The molecule has 2 aromatic carbocycles. The van der Waals surface area contributed by atoms with E-state index in [1.165, 1.54) is 7.05 Å². The first-order chi connectivity index (χ1) is 13.4. The van der Waals surface area contributed by atoms with Crippen LogP contribution in [0.5, 0.6) is 5.88 Å². The van der Waals surface area contributed by atoms with Gasteiger partial charge in [0.15, 0.2) is 0 Å². The second kappa shape index (κ2) is 7.44. The van der Waals surface area contributed by atoms with Crippen LogP contribution in [0.3, 0.4) is 0 Å². The Labute approximate surface area is 173 Å². The van der Waals surface area contributed by atoms with Gasteiger partial charge in [0.2, 0.25) is 5.88 Å². The van der Waals surface area contributed by atoms with Crippen LogP contribution < -0.4 is 11.2 Å². The molecule has 0 fully saturated rings. The van der Waals surface area contributed by atoms with Gasteiger partial charge in [-0.05, 0) is 29.8 Å². The Hall–Kier alpha value is -2.58. The van der Waals surface area contributed by atoms with Gasteiger partial charge in [0, 0.05) is 28.1 Å². The van der Waals surface area contributed by atoms with Crippen molar-refractivity contribution >= 4 is 39.1 Å². The number of H-pyrrole nitrogens is 1. The molecular formula is C20H16BrN3O3S. The van der Waals surface area contributed by atoms with Crippen LogP contribution in [0.4, 0.5) is 5.69 Å². The summed E-state index contributed by atoms with van der Waals surface area (Å²) in [5.74, 6) is -0.383. The Morgan fingerprint density at radius 1 is 1.18 bits per heavy atom. The van der Waals surface area contributed by atoms with Crippen molar-refractivity contribution in [2.45, 2.75) is 16.6 Å². The number of aliphatic imine (C=N–C) groups is 1. The minimum atomic E-state index is -0.667. The average molecular weight is 458 g/mol. The summed E-state index contributed by atoms with van der Waals surface area (Å²) in [7, 11) is 1.41. The fourth-order valence-corrected chi connectivity index (χ4v) is 4.60. The van der Waals surface area contributed by atoms with Gasteiger partial charge >= 0.3 is 5.69 Å². The van der Waals surface area contributed by atoms with Gasteiger partial charge < -0.3 is 5.11 Å². The van der Waals surface area contributed by atoms with Crippen molar-refractivity contribution in [2.75, 3.05) is 0 Å². The molecule has 0 radical (unpaired) electrons. The second-order valence-electron chi connectivity index (χ2n) is 6.41. The maximum atomic E-state index is 12.5. The Bertz CT molecular complexity index is 1200. The lowest BCUT2D eigenvalue weighted by Gasteiger charge is -2.16. The van der Waals surface area contributed by atoms with Crippen molar-refractivity contribution in [3.05, 3.63) is 85.0 Å². The minimum Gasteiger partial charge on any atom is -0.494 e. The lowest BCUT2D eigenvalue weighted by atomic mass is 10.0. The van der Waals surface area contributed by atoms with E-state index in [9.17, 15) is 14.7 Å². The highest BCUT2D eigenvalue weighted by atomic mass is 79.9. The van der Waals surface area contributed by atoms with Crippen molar-refractivity contribution in [3.63, 3.8) is 0 Å². The Kier molecular flexibility index (Phi) is 4.99. The summed E-state index contributed by atoms with van der Waals surface area (Å²) in [6.45, 7) is 0. The van der Waals surface area contributed by atoms with Crippen LogP contribution in [-0.2, 0) is 7.05 Å². The van der Waals surface area contributed by atoms with Crippen LogP contribution >= 0.6 is 27.7 Å². The number of thioether (sulfide) groups is 1. The van der Waals surface area contributed by atoms with Crippen molar-refractivity contribution in [2.24, 2.45) is 12.0 Å². The molecule has 0 bridgehead atoms. The largest absolute Gasteiger partial charge is 0.494 e. The van der Waals surface area contributed by atoms with Gasteiger partial charge in [-0.2, -0.15) is 0 Å². The predicted molar refractivity (Wildman–Crippen MR) is 114 cm³/mol. The molecular weight excluding hydrogens is 442 g/mol. The van der Waals surface area contributed by atoms with Crippen LogP contribution in [0.25, 0.3) is 0 Å². The summed E-state index contributed by atoms with van der Waals surface area (Å²) in [5.41, 5.74) is 0.979. The lowest BCUT2D eigenvalue weighted by Crippen LogP contribution is -2.32. The number of halogens is 1. The monoisotopic (exact) mass is 457 g/mol. The molecule has 0 unspecified atom stereocenters. The van der Waals surface area contributed by atoms with E-state index < -0.39 is 11.2 Å². The standard InChI is InChI=1S/C20H16BrN3O3S/c1-24-19(26)17(18(25)23-20(24)27)14-10-16(11-6-8-12(21)9-7-11)28-15-5-3-2-4-13(15)22-14/h2-9,16,26H,10H2,1H3,(H,23,25,27)/t16-/m1/s1. The normalized spacial score (nSPS) is 16.2. The molecule has 3 aromatic rings. The number of hydrogen-bond acceptors (Lipinski definition) is 5. The molecule has 142 valence electrons. The summed E-state index contributed by atoms with van der Waals surface area (Å²) in [6, 6.07) is 15.7. The number of hydrogen-bond donors (Lipinski definition) is 2. The van der Waals surface area contributed by atoms with Gasteiger partial charge in [-0.25, -0.2) is 4.79 Å². The third kappa shape index (κ3) is 3.45. The quantitative estimate of drug-likeness (QED) is 0.610. The van der Waals surface area contributed by atoms with Crippen molar-refractivity contribution in [1.29, 1.82) is 0 Å². The summed E-state index contributed by atoms with van der Waals surface area (Å²) in [4.78, 5) is 32.2. The number of nitrogens with one attached hydrogen (secondary N) is 1. The van der Waals surface area contributed by atoms with Crippen molar-refractivity contribution in [1.82, 2.24) is 9.55 Å². The predicted octanol–water partition coefficient (Wildman–Crippen LogP) is 3.90. The van der Waals surface area contributed by atoms with Crippen molar-refractivity contribution in [3.8, 4) is 5.88 Å². The number of aromatic hydroxyl groups is 1. The van der Waals surface area contributed by atoms with Crippen LogP contribution in [0, 0.1) is 0 Å². The molecule has 2 N–H and O–H groups in total. The fraction of sp³-hybridized carbons (Fsp3) is 0.150. The molecule has 1 atom stereocenters. The zero-order valence-corrected chi connectivity index (χ0v) is 17.3. The van der Waals surface area contributed by atoms with E-state index in [2.05, 4.69) is 25.9 Å². The molecule has 1 aliphatic heterocycles. The fourth-order valence-electron chi connectivity index (χ4n) is 3.10. The molecule has 1 aromatic heterocycles. The lowest BCUT2D eigenvalue weighted by molar-refractivity contribution is 0.416. The van der Waals surface area contributed by atoms with Gasteiger partial charge in [0.05, 0.1) is 11.4 Å². The molecule has 6 nitrogen and oxygen atoms in total. The molecule has 0 saturated heterocycles. The van der Waals surface area contributed by atoms with Crippen molar-refractivity contribution < 1.29 is 5.11 Å². The summed E-state index contributed by atoms with van der Waals surface area (Å²) < 4.78 is 1.99. The van der Waals surface area contributed by atoms with E-state index in [0.29, 0.717) is 12.1 Å². The van der Waals surface area contributed by atoms with Gasteiger partial charge in [-0.15, -0.1) is 11.8 Å². The number of benzene rings is 2. The first kappa shape index (κ1) is 18.8. The number of rotatable bonds is 2. The molecule has 28 heavy (non-hydrogen) atoms. The van der Waals surface area contributed by atoms with E-state index in [1.807, 2.05) is 48.5 Å². The van der Waals surface area contributed by atoms with Crippen LogP contribution in [0.2, 0.25) is 0 Å². The maximum Gasteiger partial charge on any atom is 0.330 e. The molecule has 1 aliphatic rings. The summed E-state index contributed by atoms with van der Waals surface area (Å²) in [6.07, 6.45) is 0.426. The topological polar surface area (TPSA) is 87.4 Å². The van der Waals surface area contributed by atoms with E-state index in [1.54, 1.807) is 11.8 Å². The maximum absolute atomic E-state index is 12.5. The van der Waals surface area contributed by atoms with E-state index in [-0.39, 0.29) is 16.7 Å². The first-order valence-corrected chi connectivity index (χ1v) is 10.2. The van der Waals surface area contributed by atoms with Crippen LogP contribution in [0.1, 0.15) is 22.8 Å². The first-order valence-electron chi connectivity index (χ1n) is 8.55. The Balaban J connectivity index is 1.90. The average Bonchev–Trinajstić information content (AvgIpc) is 2.86. The minimum absolute atomic E-state index is 0.00784. The van der Waals surface area contributed by atoms with Gasteiger partial charge in [-0.1, -0.05) is 40.2 Å². The van der Waals surface area contributed by atoms with Crippen LogP contribution in [-0.4, -0.2) is 20.4 Å². The van der Waals surface area contributed by atoms with E-state index in [4.69, 9.17) is 0 Å². The molecule has 0 amide bonds. The van der Waals surface area contributed by atoms with Crippen LogP contribution in [0.15, 0.2) is 72.5 Å². The number of nitrogens with zero attached hydrogens (tertiary/aromatic N) is 2. The number of fused-ring (bicyclic) bond motifs is 1. The molecule has 4 rings (SSSR count). The van der Waals surface area contributed by atoms with E-state index >= 15 is 0 Å². The van der Waals surface area contributed by atoms with E-state index in [0.717, 1.165) is 25.2 Å². The van der Waals surface area contributed by atoms with Gasteiger partial charge in [0.1, 0.15) is 5.56 Å². The molecule has 0 saturated carbocycles. The zero-order valence-electron chi connectivity index (χ0n) is 14.8. The highest BCUT2D eigenvalue weighted by Gasteiger charge is 2.26. The second-order valence-corrected chi connectivity index (χ2v) is 8.57. The zero-order chi connectivity index (χ0) is 19.8. The highest BCUT2D eigenvalue weighted by molar-refractivity contribution is 9.10. The summed E-state index contributed by atoms with van der Waals surface area (Å²) in [5, 5.41) is 10.5. The van der Waals surface area contributed by atoms with Gasteiger partial charge in [-0.3, -0.25) is 19.3 Å². The molecule has 0 spiro atoms. The third-order valence-corrected chi connectivity index (χ3v) is 6.44. The Morgan fingerprint density at radius 2 is 1.89 bits per heavy atom. The SMILES string of the molecule is Cn1c(O)c(C2=Nc3ccccc3S[C@@H](c3ccc(Br)cc3)C2)c(=O)[nH]c1=O. The number of aromatic nitrogens is 2. The number of para-hydroxylation sites is 1. The number of aromatic amines is 1. The third-order valence-electron chi connectivity index (χ3n) is 4.59. The molecule has 2 heterocycles. The molecule has 8 heteroatoms. The molecule has 0 aliphatic carbocycles. The Morgan fingerprint density at radius 3 is 2.64 bits per heavy atom. The highest BCUT2D eigenvalue weighted by Crippen LogP contribution is 2.45. The smallest absolute Gasteiger partial charge is 0.330 e.